The van der Waals surface area contributed by atoms with Gasteiger partial charge in [0.25, 0.3) is 0 Å². The van der Waals surface area contributed by atoms with E-state index in [2.05, 4.69) is 10.2 Å². The molecule has 4 nitrogen and oxygen atoms in total. The number of nitrogens with one attached hydrogen (secondary N) is 1. The van der Waals surface area contributed by atoms with E-state index in [0.717, 1.165) is 6.07 Å². The van der Waals surface area contributed by atoms with Gasteiger partial charge in [0.05, 0.1) is 6.54 Å². The number of aromatic nitrogens is 2. The van der Waals surface area contributed by atoms with Gasteiger partial charge in [-0.1, -0.05) is 0 Å². The highest BCUT2D eigenvalue weighted by atomic mass is 19.4. The number of anilines is 1. The molecule has 18 heavy (non-hydrogen) atoms. The van der Waals surface area contributed by atoms with E-state index >= 15 is 0 Å². The van der Waals surface area contributed by atoms with Crippen LogP contribution in [0.3, 0.4) is 0 Å². The molecule has 0 amide bonds. The molecule has 1 aromatic heterocycles. The van der Waals surface area contributed by atoms with Gasteiger partial charge in [0.2, 0.25) is 0 Å². The molecule has 1 heterocycles. The van der Waals surface area contributed by atoms with Gasteiger partial charge < -0.3 is 10.4 Å². The summed E-state index contributed by atoms with van der Waals surface area (Å²) in [4.78, 5) is 0. The first-order valence-corrected chi connectivity index (χ1v) is 4.50. The molecule has 0 bridgehead atoms. The standard InChI is InChI=1S/C8H7F6N3O/c9-7(10,11)4-1-2-6(17-16-4)15-3-5(18)8(12,13)14/h1-2,5,18H,3H2,(H,15,17). The fraction of sp³-hybridized carbons (Fsp3) is 0.500. The van der Waals surface area contributed by atoms with Gasteiger partial charge in [0, 0.05) is 0 Å². The zero-order valence-electron chi connectivity index (χ0n) is 8.55. The number of rotatable bonds is 3. The summed E-state index contributed by atoms with van der Waals surface area (Å²) >= 11 is 0. The van der Waals surface area contributed by atoms with Crippen molar-refractivity contribution in [1.82, 2.24) is 10.2 Å². The number of halogens is 6. The fourth-order valence-electron chi connectivity index (χ4n) is 0.895. The third-order valence-electron chi connectivity index (χ3n) is 1.81. The molecular weight excluding hydrogens is 268 g/mol. The van der Waals surface area contributed by atoms with Crippen molar-refractivity contribution < 1.29 is 31.4 Å². The summed E-state index contributed by atoms with van der Waals surface area (Å²) in [5.41, 5.74) is -1.26. The largest absolute Gasteiger partial charge is 0.435 e. The van der Waals surface area contributed by atoms with Crippen molar-refractivity contribution in [3.05, 3.63) is 17.8 Å². The number of hydrogen-bond acceptors (Lipinski definition) is 4. The van der Waals surface area contributed by atoms with E-state index in [0.29, 0.717) is 6.07 Å². The van der Waals surface area contributed by atoms with E-state index in [1.165, 1.54) is 0 Å². The molecular formula is C8H7F6N3O. The molecule has 0 saturated carbocycles. The van der Waals surface area contributed by atoms with Crippen molar-refractivity contribution in [2.24, 2.45) is 0 Å². The van der Waals surface area contributed by atoms with Crippen LogP contribution >= 0.6 is 0 Å². The number of aliphatic hydroxyl groups is 1. The number of alkyl halides is 6. The summed E-state index contributed by atoms with van der Waals surface area (Å²) in [5.74, 6) is -0.300. The molecule has 0 aromatic carbocycles. The molecule has 1 aromatic rings. The van der Waals surface area contributed by atoms with Crippen LogP contribution in [0, 0.1) is 0 Å². The summed E-state index contributed by atoms with van der Waals surface area (Å²) < 4.78 is 71.9. The highest BCUT2D eigenvalue weighted by Gasteiger charge is 2.38. The van der Waals surface area contributed by atoms with Crippen LogP contribution in [0.15, 0.2) is 12.1 Å². The number of hydrogen-bond donors (Lipinski definition) is 2. The minimum absolute atomic E-state index is 0.300. The van der Waals surface area contributed by atoms with Gasteiger partial charge in [-0.05, 0) is 12.1 Å². The van der Waals surface area contributed by atoms with E-state index in [1.807, 2.05) is 5.32 Å². The van der Waals surface area contributed by atoms with Crippen molar-refractivity contribution in [2.75, 3.05) is 11.9 Å². The molecule has 0 fully saturated rings. The summed E-state index contributed by atoms with van der Waals surface area (Å²) in [7, 11) is 0. The van der Waals surface area contributed by atoms with Crippen LogP contribution in [-0.4, -0.2) is 34.1 Å². The zero-order valence-corrected chi connectivity index (χ0v) is 8.55. The Morgan fingerprint density at radius 1 is 1.11 bits per heavy atom. The Morgan fingerprint density at radius 2 is 1.72 bits per heavy atom. The summed E-state index contributed by atoms with van der Waals surface area (Å²) in [6.45, 7) is -0.927. The highest BCUT2D eigenvalue weighted by Crippen LogP contribution is 2.27. The molecule has 2 N–H and O–H groups in total. The predicted octanol–water partition coefficient (Wildman–Crippen LogP) is 1.83. The van der Waals surface area contributed by atoms with Crippen LogP contribution in [0.25, 0.3) is 0 Å². The molecule has 0 aliphatic heterocycles. The van der Waals surface area contributed by atoms with Crippen LogP contribution in [0.2, 0.25) is 0 Å². The van der Waals surface area contributed by atoms with Gasteiger partial charge >= 0.3 is 12.4 Å². The SMILES string of the molecule is OC(CNc1ccc(C(F)(F)F)nn1)C(F)(F)F. The van der Waals surface area contributed by atoms with Crippen LogP contribution in [0.1, 0.15) is 5.69 Å². The summed E-state index contributed by atoms with van der Waals surface area (Å²) in [6, 6.07) is 1.38. The van der Waals surface area contributed by atoms with Crippen molar-refractivity contribution >= 4 is 5.82 Å². The van der Waals surface area contributed by atoms with E-state index in [1.54, 1.807) is 0 Å². The smallest absolute Gasteiger partial charge is 0.382 e. The molecule has 0 aliphatic carbocycles. The van der Waals surface area contributed by atoms with E-state index in [4.69, 9.17) is 5.11 Å². The predicted molar refractivity (Wildman–Crippen MR) is 47.6 cm³/mol. The first-order chi connectivity index (χ1) is 8.10. The van der Waals surface area contributed by atoms with Gasteiger partial charge in [-0.25, -0.2) is 0 Å². The van der Waals surface area contributed by atoms with Crippen LogP contribution in [-0.2, 0) is 6.18 Å². The van der Waals surface area contributed by atoms with Crippen LogP contribution < -0.4 is 5.32 Å². The van der Waals surface area contributed by atoms with Crippen molar-refractivity contribution in [2.45, 2.75) is 18.5 Å². The second-order valence-corrected chi connectivity index (χ2v) is 3.24. The average molecular weight is 275 g/mol. The molecule has 10 heteroatoms. The van der Waals surface area contributed by atoms with Crippen molar-refractivity contribution in [3.63, 3.8) is 0 Å². The second kappa shape index (κ2) is 4.96. The molecule has 1 atom stereocenters. The molecule has 0 radical (unpaired) electrons. The number of nitrogens with zero attached hydrogens (tertiary/aromatic N) is 2. The highest BCUT2D eigenvalue weighted by molar-refractivity contribution is 5.33. The minimum Gasteiger partial charge on any atom is -0.382 e. The van der Waals surface area contributed by atoms with Gasteiger partial charge in [0.1, 0.15) is 5.82 Å². The first kappa shape index (κ1) is 14.5. The normalized spacial score (nSPS) is 14.4. The Bertz CT molecular complexity index is 387. The maximum absolute atomic E-state index is 12.1. The molecule has 0 aliphatic rings. The zero-order chi connectivity index (χ0) is 14.0. The van der Waals surface area contributed by atoms with Crippen molar-refractivity contribution in [1.29, 1.82) is 0 Å². The quantitative estimate of drug-likeness (QED) is 0.826. The Morgan fingerprint density at radius 3 is 2.11 bits per heavy atom. The van der Waals surface area contributed by atoms with Gasteiger partial charge in [-0.3, -0.25) is 0 Å². The van der Waals surface area contributed by atoms with Gasteiger partial charge in [-0.2, -0.15) is 26.3 Å². The maximum Gasteiger partial charge on any atom is 0.435 e. The lowest BCUT2D eigenvalue weighted by Gasteiger charge is -2.15. The van der Waals surface area contributed by atoms with Crippen molar-refractivity contribution in [3.8, 4) is 0 Å². The molecule has 102 valence electrons. The monoisotopic (exact) mass is 275 g/mol. The minimum atomic E-state index is -4.81. The Hall–Kier alpha value is -1.58. The fourth-order valence-corrected chi connectivity index (χ4v) is 0.895. The molecule has 1 rings (SSSR count). The summed E-state index contributed by atoms with van der Waals surface area (Å²) in [6.07, 6.45) is -12.1. The van der Waals surface area contributed by atoms with E-state index in [-0.39, 0.29) is 5.82 Å². The number of aliphatic hydroxyl groups excluding tert-OH is 1. The third kappa shape index (κ3) is 4.02. The topological polar surface area (TPSA) is 58.0 Å². The maximum atomic E-state index is 12.1. The van der Waals surface area contributed by atoms with E-state index in [9.17, 15) is 26.3 Å². The van der Waals surface area contributed by atoms with Gasteiger partial charge in [-0.15, -0.1) is 10.2 Å². The van der Waals surface area contributed by atoms with Gasteiger partial charge in [0.15, 0.2) is 11.8 Å². The lowest BCUT2D eigenvalue weighted by Crippen LogP contribution is -2.35. The lowest BCUT2D eigenvalue weighted by molar-refractivity contribution is -0.198. The third-order valence-corrected chi connectivity index (χ3v) is 1.81. The first-order valence-electron chi connectivity index (χ1n) is 4.50. The van der Waals surface area contributed by atoms with E-state index < -0.39 is 30.7 Å². The Labute approximate surface area is 96.6 Å². The average Bonchev–Trinajstić information content (AvgIpc) is 2.24. The molecule has 0 saturated heterocycles. The van der Waals surface area contributed by atoms with Crippen LogP contribution in [0.4, 0.5) is 32.2 Å². The Balaban J connectivity index is 2.60. The van der Waals surface area contributed by atoms with Crippen LogP contribution in [0.5, 0.6) is 0 Å². The molecule has 0 spiro atoms. The molecule has 1 unspecified atom stereocenters. The lowest BCUT2D eigenvalue weighted by atomic mass is 10.3. The Kier molecular flexibility index (Phi) is 3.99. The summed E-state index contributed by atoms with van der Waals surface area (Å²) in [5, 5.41) is 16.5. The second-order valence-electron chi connectivity index (χ2n) is 3.24.